The van der Waals surface area contributed by atoms with Gasteiger partial charge in [0.15, 0.2) is 0 Å². The third-order valence-electron chi connectivity index (χ3n) is 5.57. The number of carbonyl (C=O) groups is 3. The molecule has 3 aliphatic rings. The fourth-order valence-corrected chi connectivity index (χ4v) is 3.80. The molecule has 1 amide bonds. The van der Waals surface area contributed by atoms with Gasteiger partial charge in [0, 0.05) is 36.8 Å². The topological polar surface area (TPSA) is 122 Å². The summed E-state index contributed by atoms with van der Waals surface area (Å²) in [7, 11) is 1.89. The van der Waals surface area contributed by atoms with Gasteiger partial charge in [0.05, 0.1) is 5.41 Å². The van der Waals surface area contributed by atoms with Crippen molar-refractivity contribution in [2.75, 3.05) is 0 Å². The van der Waals surface area contributed by atoms with Crippen LogP contribution in [0.4, 0.5) is 13.2 Å². The Labute approximate surface area is 151 Å². The zero-order valence-electron chi connectivity index (χ0n) is 14.2. The second kappa shape index (κ2) is 6.24. The highest BCUT2D eigenvalue weighted by molar-refractivity contribution is 5.85. The van der Waals surface area contributed by atoms with Crippen molar-refractivity contribution < 1.29 is 37.8 Å². The van der Waals surface area contributed by atoms with Crippen molar-refractivity contribution in [3.63, 3.8) is 0 Å². The minimum Gasteiger partial charge on any atom is -0.481 e. The average Bonchev–Trinajstić information content (AvgIpc) is 3.40. The number of nitrogens with one attached hydrogen (secondary N) is 1. The Hall–Kier alpha value is -2.59. The van der Waals surface area contributed by atoms with Crippen molar-refractivity contribution >= 4 is 17.8 Å². The zero-order valence-corrected chi connectivity index (χ0v) is 14.2. The van der Waals surface area contributed by atoms with Crippen LogP contribution in [0.2, 0.25) is 0 Å². The third-order valence-corrected chi connectivity index (χ3v) is 5.57. The molecule has 3 saturated carbocycles. The summed E-state index contributed by atoms with van der Waals surface area (Å²) < 4.78 is 33.6. The van der Waals surface area contributed by atoms with Gasteiger partial charge < -0.3 is 15.5 Å². The van der Waals surface area contributed by atoms with Gasteiger partial charge in [0.2, 0.25) is 5.91 Å². The highest BCUT2D eigenvalue weighted by Crippen LogP contribution is 2.67. The number of carboxylic acids is 2. The fourth-order valence-electron chi connectivity index (χ4n) is 3.80. The fraction of sp³-hybridized carbons (Fsp3) is 0.625. The summed E-state index contributed by atoms with van der Waals surface area (Å²) in [6.45, 7) is 0. The normalized spacial score (nSPS) is 32.9. The molecule has 148 valence electrons. The third kappa shape index (κ3) is 3.50. The molecular formula is C16H18F3N3O5. The number of aryl methyl sites for hydroxylation is 1. The molecule has 3 aliphatic carbocycles. The lowest BCUT2D eigenvalue weighted by Gasteiger charge is -2.32. The van der Waals surface area contributed by atoms with Gasteiger partial charge >= 0.3 is 18.1 Å². The minimum atomic E-state index is -5.08. The molecule has 0 unspecified atom stereocenters. The summed E-state index contributed by atoms with van der Waals surface area (Å²) in [5.74, 6) is -2.92. The number of aliphatic carboxylic acids is 2. The molecule has 0 spiro atoms. The van der Waals surface area contributed by atoms with Crippen LogP contribution in [0.3, 0.4) is 0 Å². The van der Waals surface area contributed by atoms with E-state index in [9.17, 15) is 22.8 Å². The first-order valence-corrected chi connectivity index (χ1v) is 8.29. The summed E-state index contributed by atoms with van der Waals surface area (Å²) in [6.07, 6.45) is -1.14. The van der Waals surface area contributed by atoms with E-state index < -0.39 is 23.5 Å². The van der Waals surface area contributed by atoms with Crippen molar-refractivity contribution in [3.8, 4) is 0 Å². The Morgan fingerprint density at radius 1 is 1.30 bits per heavy atom. The maximum atomic E-state index is 12.2. The number of rotatable bonds is 4. The maximum Gasteiger partial charge on any atom is 0.490 e. The van der Waals surface area contributed by atoms with Gasteiger partial charge in [-0.15, -0.1) is 0 Å². The standard InChI is InChI=1S/C14H17N3O3.C2HF3O2/c1-17-11(2-3-15-17)7-4-8(7)12(18)16-10-6-14(13(19)20)5-9(10)14;3-2(4,5)1(6)7/h2-3,7-10H,4-6H2,1H3,(H,16,18)(H,19,20);(H,6,7)/t7-,8-,9+,10-,14+;/m1./s1. The van der Waals surface area contributed by atoms with Crippen LogP contribution in [0.15, 0.2) is 12.3 Å². The van der Waals surface area contributed by atoms with Crippen LogP contribution in [0.25, 0.3) is 0 Å². The first-order chi connectivity index (χ1) is 12.5. The largest absolute Gasteiger partial charge is 0.490 e. The van der Waals surface area contributed by atoms with E-state index in [1.807, 2.05) is 17.8 Å². The summed E-state index contributed by atoms with van der Waals surface area (Å²) in [5, 5.41) is 23.4. The molecule has 1 heterocycles. The van der Waals surface area contributed by atoms with Crippen LogP contribution in [0.1, 0.15) is 30.9 Å². The Bertz CT molecular complexity index is 793. The monoisotopic (exact) mass is 389 g/mol. The van der Waals surface area contributed by atoms with Crippen molar-refractivity contribution in [2.24, 2.45) is 24.3 Å². The number of nitrogens with zero attached hydrogens (tertiary/aromatic N) is 2. The van der Waals surface area contributed by atoms with Crippen molar-refractivity contribution in [3.05, 3.63) is 18.0 Å². The Balaban J connectivity index is 0.000000260. The average molecular weight is 389 g/mol. The summed E-state index contributed by atoms with van der Waals surface area (Å²) in [6, 6.07) is 2.03. The van der Waals surface area contributed by atoms with E-state index in [0.29, 0.717) is 6.42 Å². The summed E-state index contributed by atoms with van der Waals surface area (Å²) in [4.78, 5) is 32.1. The highest BCUT2D eigenvalue weighted by Gasteiger charge is 2.72. The van der Waals surface area contributed by atoms with Crippen LogP contribution in [-0.4, -0.2) is 50.1 Å². The van der Waals surface area contributed by atoms with Crippen molar-refractivity contribution in [2.45, 2.75) is 37.4 Å². The molecular weight excluding hydrogens is 371 g/mol. The molecule has 0 bridgehead atoms. The lowest BCUT2D eigenvalue weighted by atomic mass is 9.80. The number of amides is 1. The number of fused-ring (bicyclic) bond motifs is 1. The number of carboxylic acid groups (broad SMARTS) is 2. The number of carbonyl (C=O) groups excluding carboxylic acids is 1. The molecule has 1 aromatic rings. The van der Waals surface area contributed by atoms with Gasteiger partial charge in [-0.2, -0.15) is 18.3 Å². The number of halogens is 3. The Morgan fingerprint density at radius 3 is 2.33 bits per heavy atom. The van der Waals surface area contributed by atoms with Gasteiger partial charge in [0.1, 0.15) is 0 Å². The van der Waals surface area contributed by atoms with Crippen LogP contribution < -0.4 is 5.32 Å². The molecule has 3 fully saturated rings. The second-order valence-electron chi connectivity index (χ2n) is 7.22. The van der Waals surface area contributed by atoms with E-state index in [4.69, 9.17) is 15.0 Å². The molecule has 8 nitrogen and oxygen atoms in total. The molecule has 3 N–H and O–H groups in total. The number of hydrogen-bond acceptors (Lipinski definition) is 4. The van der Waals surface area contributed by atoms with Gasteiger partial charge in [-0.1, -0.05) is 0 Å². The molecule has 0 radical (unpaired) electrons. The van der Waals surface area contributed by atoms with E-state index in [2.05, 4.69) is 10.4 Å². The van der Waals surface area contributed by atoms with Gasteiger partial charge in [-0.25, -0.2) is 4.79 Å². The van der Waals surface area contributed by atoms with Crippen molar-refractivity contribution in [1.82, 2.24) is 15.1 Å². The quantitative estimate of drug-likeness (QED) is 0.710. The molecule has 5 atom stereocenters. The van der Waals surface area contributed by atoms with Gasteiger partial charge in [-0.05, 0) is 31.2 Å². The first-order valence-electron chi connectivity index (χ1n) is 8.29. The van der Waals surface area contributed by atoms with E-state index in [1.165, 1.54) is 0 Å². The Morgan fingerprint density at radius 2 is 1.93 bits per heavy atom. The molecule has 0 aromatic carbocycles. The molecule has 0 aliphatic heterocycles. The molecule has 1 aromatic heterocycles. The van der Waals surface area contributed by atoms with E-state index in [0.717, 1.165) is 18.5 Å². The predicted octanol–water partition coefficient (Wildman–Crippen LogP) is 1.14. The second-order valence-corrected chi connectivity index (χ2v) is 7.22. The molecule has 0 saturated heterocycles. The first kappa shape index (κ1) is 19.2. The molecule has 27 heavy (non-hydrogen) atoms. The van der Waals surface area contributed by atoms with Crippen LogP contribution in [0.5, 0.6) is 0 Å². The SMILES string of the molecule is Cn1nccc1[C@@H]1C[C@H]1C(=O)N[C@@H]1C[C@@]2(C(=O)O)C[C@@H]12.O=C(O)C(F)(F)F. The summed E-state index contributed by atoms with van der Waals surface area (Å²) in [5.41, 5.74) is 0.605. The zero-order chi connectivity index (χ0) is 20.1. The smallest absolute Gasteiger partial charge is 0.481 e. The lowest BCUT2D eigenvalue weighted by Crippen LogP contribution is -2.48. The van der Waals surface area contributed by atoms with Gasteiger partial charge in [-0.3, -0.25) is 14.3 Å². The molecule has 11 heteroatoms. The Kier molecular flexibility index (Phi) is 4.43. The van der Waals surface area contributed by atoms with E-state index in [-0.39, 0.29) is 29.7 Å². The lowest BCUT2D eigenvalue weighted by molar-refractivity contribution is -0.192. The molecule has 4 rings (SSSR count). The van der Waals surface area contributed by atoms with Crippen LogP contribution in [0, 0.1) is 17.3 Å². The number of alkyl halides is 3. The number of hydrogen-bond donors (Lipinski definition) is 3. The van der Waals surface area contributed by atoms with Gasteiger partial charge in [0.25, 0.3) is 0 Å². The van der Waals surface area contributed by atoms with Crippen molar-refractivity contribution in [1.29, 1.82) is 0 Å². The van der Waals surface area contributed by atoms with Crippen LogP contribution >= 0.6 is 0 Å². The maximum absolute atomic E-state index is 12.2. The predicted molar refractivity (Wildman–Crippen MR) is 82.5 cm³/mol. The summed E-state index contributed by atoms with van der Waals surface area (Å²) >= 11 is 0. The highest BCUT2D eigenvalue weighted by atomic mass is 19.4. The van der Waals surface area contributed by atoms with Crippen LogP contribution in [-0.2, 0) is 21.4 Å². The minimum absolute atomic E-state index is 0.0315. The van der Waals surface area contributed by atoms with E-state index in [1.54, 1.807) is 6.20 Å². The number of aromatic nitrogens is 2. The van der Waals surface area contributed by atoms with E-state index >= 15 is 0 Å².